The summed E-state index contributed by atoms with van der Waals surface area (Å²) in [5.74, 6) is 0. The average molecular weight is 312 g/mol. The molecule has 0 atom stereocenters. The zero-order chi connectivity index (χ0) is 14.8. The number of rotatable bonds is 5. The fraction of sp³-hybridized carbons (Fsp3) is 0.231. The second-order valence-corrected chi connectivity index (χ2v) is 6.84. The van der Waals surface area contributed by atoms with E-state index in [0.717, 1.165) is 4.90 Å². The van der Waals surface area contributed by atoms with Gasteiger partial charge in [0.2, 0.25) is 0 Å². The molecule has 0 aliphatic carbocycles. The van der Waals surface area contributed by atoms with Gasteiger partial charge in [0.05, 0.1) is 6.61 Å². The molecule has 0 fully saturated rings. The van der Waals surface area contributed by atoms with Crippen LogP contribution in [0, 0.1) is 0 Å². The molecule has 20 heavy (non-hydrogen) atoms. The van der Waals surface area contributed by atoms with Crippen molar-refractivity contribution >= 4 is 27.5 Å². The number of hydrogen-bond acceptors (Lipinski definition) is 4. The maximum Gasteiger partial charge on any atom is 0.263 e. The van der Waals surface area contributed by atoms with Gasteiger partial charge < -0.3 is 9.67 Å². The van der Waals surface area contributed by atoms with Crippen molar-refractivity contribution in [2.24, 2.45) is 7.05 Å². The predicted octanol–water partition coefficient (Wildman–Crippen LogP) is 2.04. The van der Waals surface area contributed by atoms with Crippen LogP contribution in [0.1, 0.15) is 5.69 Å². The van der Waals surface area contributed by atoms with Gasteiger partial charge >= 0.3 is 0 Å². The molecule has 0 saturated carbocycles. The van der Waals surface area contributed by atoms with Crippen molar-refractivity contribution in [2.45, 2.75) is 16.4 Å². The highest BCUT2D eigenvalue weighted by atomic mass is 32.2. The SMILES string of the molecule is CSc1cccc(NS(=O)(=O)c2cc(CO)n(C)c2)c1. The number of nitrogens with zero attached hydrogens (tertiary/aromatic N) is 1. The van der Waals surface area contributed by atoms with Crippen molar-refractivity contribution < 1.29 is 13.5 Å². The van der Waals surface area contributed by atoms with Gasteiger partial charge in [0, 0.05) is 29.5 Å². The van der Waals surface area contributed by atoms with Crippen LogP contribution in [0.4, 0.5) is 5.69 Å². The molecular weight excluding hydrogens is 296 g/mol. The molecule has 0 saturated heterocycles. The zero-order valence-electron chi connectivity index (χ0n) is 11.2. The summed E-state index contributed by atoms with van der Waals surface area (Å²) < 4.78 is 28.7. The lowest BCUT2D eigenvalue weighted by atomic mass is 10.3. The Bertz CT molecular complexity index is 708. The van der Waals surface area contributed by atoms with Crippen molar-refractivity contribution in [3.8, 4) is 0 Å². The first kappa shape index (κ1) is 15.0. The van der Waals surface area contributed by atoms with Gasteiger partial charge in [-0.2, -0.15) is 0 Å². The van der Waals surface area contributed by atoms with Crippen LogP contribution in [-0.4, -0.2) is 24.3 Å². The van der Waals surface area contributed by atoms with Crippen LogP contribution in [0.25, 0.3) is 0 Å². The Labute approximate surface area is 122 Å². The molecule has 0 aliphatic heterocycles. The maximum absolute atomic E-state index is 12.3. The average Bonchev–Trinajstić information content (AvgIpc) is 2.80. The summed E-state index contributed by atoms with van der Waals surface area (Å²) in [7, 11) is -1.95. The Hall–Kier alpha value is -1.44. The van der Waals surface area contributed by atoms with E-state index in [4.69, 9.17) is 5.11 Å². The zero-order valence-corrected chi connectivity index (χ0v) is 12.8. The van der Waals surface area contributed by atoms with Gasteiger partial charge in [-0.15, -0.1) is 11.8 Å². The fourth-order valence-electron chi connectivity index (χ4n) is 1.78. The fourth-order valence-corrected chi connectivity index (χ4v) is 3.38. The summed E-state index contributed by atoms with van der Waals surface area (Å²) in [6, 6.07) is 8.65. The molecule has 1 aromatic heterocycles. The molecule has 2 rings (SSSR count). The van der Waals surface area contributed by atoms with Crippen LogP contribution in [0.3, 0.4) is 0 Å². The molecule has 0 spiro atoms. The van der Waals surface area contributed by atoms with Crippen LogP contribution in [0.2, 0.25) is 0 Å². The predicted molar refractivity (Wildman–Crippen MR) is 80.4 cm³/mol. The minimum atomic E-state index is -3.64. The number of thioether (sulfide) groups is 1. The van der Waals surface area contributed by atoms with Crippen molar-refractivity contribution in [1.29, 1.82) is 0 Å². The summed E-state index contributed by atoms with van der Waals surface area (Å²) >= 11 is 1.54. The second-order valence-electron chi connectivity index (χ2n) is 4.27. The first-order chi connectivity index (χ1) is 9.46. The highest BCUT2D eigenvalue weighted by molar-refractivity contribution is 7.98. The lowest BCUT2D eigenvalue weighted by Crippen LogP contribution is -2.12. The van der Waals surface area contributed by atoms with E-state index in [2.05, 4.69) is 4.72 Å². The number of aromatic nitrogens is 1. The Kier molecular flexibility index (Phi) is 4.42. The molecule has 1 heterocycles. The Morgan fingerprint density at radius 3 is 2.70 bits per heavy atom. The van der Waals surface area contributed by atoms with Crippen LogP contribution in [0.15, 0.2) is 46.3 Å². The van der Waals surface area contributed by atoms with Gasteiger partial charge in [0.25, 0.3) is 10.0 Å². The summed E-state index contributed by atoms with van der Waals surface area (Å²) in [4.78, 5) is 1.12. The van der Waals surface area contributed by atoms with Gasteiger partial charge in [-0.3, -0.25) is 4.72 Å². The molecule has 0 unspecified atom stereocenters. The Balaban J connectivity index is 2.30. The van der Waals surface area contributed by atoms with E-state index in [0.29, 0.717) is 11.4 Å². The Morgan fingerprint density at radius 2 is 2.10 bits per heavy atom. The standard InChI is InChI=1S/C13H16N2O3S2/c1-15-8-13(7-11(15)9-16)20(17,18)14-10-4-3-5-12(6-10)19-2/h3-8,14,16H,9H2,1-2H3. The second kappa shape index (κ2) is 5.90. The number of aliphatic hydroxyl groups is 1. The van der Waals surface area contributed by atoms with Gasteiger partial charge in [0.15, 0.2) is 0 Å². The third-order valence-corrected chi connectivity index (χ3v) is 4.95. The number of aliphatic hydroxyl groups excluding tert-OH is 1. The van der Waals surface area contributed by atoms with Crippen LogP contribution < -0.4 is 4.72 Å². The van der Waals surface area contributed by atoms with Gasteiger partial charge in [-0.05, 0) is 30.5 Å². The van der Waals surface area contributed by atoms with Crippen molar-refractivity contribution in [3.63, 3.8) is 0 Å². The van der Waals surface area contributed by atoms with Gasteiger partial charge in [0.1, 0.15) is 4.90 Å². The van der Waals surface area contributed by atoms with E-state index in [1.165, 1.54) is 12.3 Å². The van der Waals surface area contributed by atoms with E-state index in [9.17, 15) is 8.42 Å². The molecule has 5 nitrogen and oxygen atoms in total. The largest absolute Gasteiger partial charge is 0.390 e. The van der Waals surface area contributed by atoms with E-state index >= 15 is 0 Å². The summed E-state index contributed by atoms with van der Waals surface area (Å²) in [6.45, 7) is -0.200. The van der Waals surface area contributed by atoms with Gasteiger partial charge in [-0.1, -0.05) is 6.07 Å². The van der Waals surface area contributed by atoms with Crippen molar-refractivity contribution in [1.82, 2.24) is 4.57 Å². The third kappa shape index (κ3) is 3.17. The van der Waals surface area contributed by atoms with E-state index < -0.39 is 10.0 Å². The number of anilines is 1. The first-order valence-electron chi connectivity index (χ1n) is 5.89. The molecule has 2 aromatic rings. The molecular formula is C13H16N2O3S2. The summed E-state index contributed by atoms with van der Waals surface area (Å²) in [5.41, 5.74) is 1.06. The number of sulfonamides is 1. The minimum Gasteiger partial charge on any atom is -0.390 e. The number of hydrogen-bond donors (Lipinski definition) is 2. The van der Waals surface area contributed by atoms with Crippen molar-refractivity contribution in [2.75, 3.05) is 11.0 Å². The monoisotopic (exact) mass is 312 g/mol. The highest BCUT2D eigenvalue weighted by Gasteiger charge is 2.17. The number of benzene rings is 1. The normalized spacial score (nSPS) is 11.6. The summed E-state index contributed by atoms with van der Waals surface area (Å²) in [5, 5.41) is 9.12. The molecule has 108 valence electrons. The third-order valence-electron chi connectivity index (χ3n) is 2.88. The lowest BCUT2D eigenvalue weighted by Gasteiger charge is -2.07. The lowest BCUT2D eigenvalue weighted by molar-refractivity contribution is 0.272. The van der Waals surface area contributed by atoms with Crippen LogP contribution in [-0.2, 0) is 23.7 Å². The minimum absolute atomic E-state index is 0.138. The van der Waals surface area contributed by atoms with Crippen LogP contribution in [0.5, 0.6) is 0 Å². The molecule has 0 aliphatic rings. The van der Waals surface area contributed by atoms with Crippen molar-refractivity contribution in [3.05, 3.63) is 42.2 Å². The highest BCUT2D eigenvalue weighted by Crippen LogP contribution is 2.22. The van der Waals surface area contributed by atoms with Gasteiger partial charge in [-0.25, -0.2) is 8.42 Å². The smallest absolute Gasteiger partial charge is 0.263 e. The maximum atomic E-state index is 12.3. The molecule has 1 aromatic carbocycles. The molecule has 0 radical (unpaired) electrons. The first-order valence-corrected chi connectivity index (χ1v) is 8.60. The molecule has 7 heteroatoms. The van der Waals surface area contributed by atoms with E-state index in [1.807, 2.05) is 12.3 Å². The van der Waals surface area contributed by atoms with E-state index in [1.54, 1.807) is 41.6 Å². The summed E-state index contributed by atoms with van der Waals surface area (Å²) in [6.07, 6.45) is 3.41. The molecule has 0 amide bonds. The topological polar surface area (TPSA) is 71.3 Å². The van der Waals surface area contributed by atoms with Crippen LogP contribution >= 0.6 is 11.8 Å². The quantitative estimate of drug-likeness (QED) is 0.829. The number of aryl methyl sites for hydroxylation is 1. The molecule has 2 N–H and O–H groups in total. The Morgan fingerprint density at radius 1 is 1.35 bits per heavy atom. The molecule has 0 bridgehead atoms. The number of nitrogens with one attached hydrogen (secondary N) is 1. The van der Waals surface area contributed by atoms with E-state index in [-0.39, 0.29) is 11.5 Å².